The van der Waals surface area contributed by atoms with E-state index in [9.17, 15) is 9.59 Å². The summed E-state index contributed by atoms with van der Waals surface area (Å²) in [4.78, 5) is 28.0. The van der Waals surface area contributed by atoms with Crippen molar-refractivity contribution in [3.8, 4) is 0 Å². The van der Waals surface area contributed by atoms with Crippen LogP contribution in [0.5, 0.6) is 0 Å². The van der Waals surface area contributed by atoms with Gasteiger partial charge in [0.1, 0.15) is 5.41 Å². The van der Waals surface area contributed by atoms with Crippen LogP contribution in [0.15, 0.2) is 0 Å². The van der Waals surface area contributed by atoms with Crippen LogP contribution in [-0.2, 0) is 9.59 Å². The van der Waals surface area contributed by atoms with Crippen molar-refractivity contribution in [3.63, 3.8) is 0 Å². The Balaban J connectivity index is 3.27. The van der Waals surface area contributed by atoms with Gasteiger partial charge in [0.2, 0.25) is 11.8 Å². The lowest BCUT2D eigenvalue weighted by molar-refractivity contribution is -0.159. The van der Waals surface area contributed by atoms with Gasteiger partial charge in [-0.3, -0.25) is 19.4 Å². The van der Waals surface area contributed by atoms with Crippen LogP contribution < -0.4 is 0 Å². The molecule has 102 valence electrons. The Kier molecular flexibility index (Phi) is 4.48. The zero-order chi connectivity index (χ0) is 14.1. The molecule has 4 nitrogen and oxygen atoms in total. The third kappa shape index (κ3) is 1.94. The quantitative estimate of drug-likeness (QED) is 0.580. The first-order valence-corrected chi connectivity index (χ1v) is 6.85. The van der Waals surface area contributed by atoms with Crippen LogP contribution in [0.2, 0.25) is 0 Å². The molecular formula is C13H22N2O2S. The van der Waals surface area contributed by atoms with Crippen molar-refractivity contribution in [2.45, 2.75) is 40.0 Å². The van der Waals surface area contributed by atoms with Crippen molar-refractivity contribution in [1.82, 2.24) is 9.80 Å². The zero-order valence-corrected chi connectivity index (χ0v) is 12.6. The molecule has 1 unspecified atom stereocenters. The maximum atomic E-state index is 12.6. The lowest BCUT2D eigenvalue weighted by Gasteiger charge is -2.46. The predicted octanol–water partition coefficient (Wildman–Crippen LogP) is 2.03. The van der Waals surface area contributed by atoms with Crippen molar-refractivity contribution in [2.24, 2.45) is 11.3 Å². The van der Waals surface area contributed by atoms with Gasteiger partial charge in [-0.15, -0.1) is 0 Å². The molecule has 18 heavy (non-hydrogen) atoms. The minimum Gasteiger partial charge on any atom is -0.291 e. The molecule has 0 saturated carbocycles. The molecule has 0 aliphatic carbocycles. The van der Waals surface area contributed by atoms with E-state index in [0.29, 0.717) is 6.42 Å². The van der Waals surface area contributed by atoms with Gasteiger partial charge in [0.05, 0.1) is 0 Å². The number of carbonyl (C=O) groups excluding carboxylic acids is 2. The Labute approximate surface area is 114 Å². The van der Waals surface area contributed by atoms with E-state index in [0.717, 1.165) is 12.8 Å². The average Bonchev–Trinajstić information content (AvgIpc) is 2.36. The topological polar surface area (TPSA) is 40.6 Å². The van der Waals surface area contributed by atoms with Gasteiger partial charge in [-0.05, 0) is 31.0 Å². The van der Waals surface area contributed by atoms with Crippen LogP contribution in [0.25, 0.3) is 0 Å². The Morgan fingerprint density at radius 3 is 1.94 bits per heavy atom. The van der Waals surface area contributed by atoms with Crippen LogP contribution in [0, 0.1) is 11.3 Å². The van der Waals surface area contributed by atoms with Crippen LogP contribution >= 0.6 is 12.2 Å². The number of rotatable bonds is 4. The SMILES string of the molecule is CCCC(C)C1(CC)C(=O)N(C)C(=S)N(C)C1=O. The Bertz CT molecular complexity index is 357. The number of carbonyl (C=O) groups is 2. The largest absolute Gasteiger partial charge is 0.291 e. The van der Waals surface area contributed by atoms with Crippen molar-refractivity contribution < 1.29 is 9.59 Å². The summed E-state index contributed by atoms with van der Waals surface area (Å²) in [6.07, 6.45) is 2.34. The van der Waals surface area contributed by atoms with E-state index in [4.69, 9.17) is 12.2 Å². The van der Waals surface area contributed by atoms with Gasteiger partial charge in [-0.2, -0.15) is 0 Å². The van der Waals surface area contributed by atoms with Gasteiger partial charge in [0.15, 0.2) is 5.11 Å². The molecule has 5 heteroatoms. The number of hydrogen-bond acceptors (Lipinski definition) is 3. The summed E-state index contributed by atoms with van der Waals surface area (Å²) in [5.74, 6) is -0.279. The molecule has 1 aliphatic rings. The maximum Gasteiger partial charge on any atom is 0.244 e. The van der Waals surface area contributed by atoms with Gasteiger partial charge in [-0.25, -0.2) is 0 Å². The van der Waals surface area contributed by atoms with Gasteiger partial charge >= 0.3 is 0 Å². The molecule has 1 fully saturated rings. The van der Waals surface area contributed by atoms with Gasteiger partial charge in [-0.1, -0.05) is 27.2 Å². The molecule has 0 N–H and O–H groups in total. The fourth-order valence-electron chi connectivity index (χ4n) is 2.84. The van der Waals surface area contributed by atoms with E-state index in [1.54, 1.807) is 14.1 Å². The lowest BCUT2D eigenvalue weighted by Crippen LogP contribution is -2.64. The maximum absolute atomic E-state index is 12.6. The van der Waals surface area contributed by atoms with E-state index >= 15 is 0 Å². The summed E-state index contributed by atoms with van der Waals surface area (Å²) in [6, 6.07) is 0. The second kappa shape index (κ2) is 5.34. The standard InChI is InChI=1S/C13H22N2O2S/c1-6-8-9(3)13(7-2)10(16)14(4)12(18)15(5)11(13)17/h9H,6-8H2,1-5H3. The summed E-state index contributed by atoms with van der Waals surface area (Å²) in [5, 5.41) is 0.290. The van der Waals surface area contributed by atoms with Gasteiger partial charge in [0.25, 0.3) is 0 Å². The van der Waals surface area contributed by atoms with Crippen LogP contribution in [-0.4, -0.2) is 40.8 Å². The monoisotopic (exact) mass is 270 g/mol. The number of hydrogen-bond donors (Lipinski definition) is 0. The highest BCUT2D eigenvalue weighted by atomic mass is 32.1. The fourth-order valence-corrected chi connectivity index (χ4v) is 3.01. The first-order valence-electron chi connectivity index (χ1n) is 6.44. The van der Waals surface area contributed by atoms with E-state index in [1.807, 2.05) is 13.8 Å². The molecule has 1 atom stereocenters. The molecule has 0 bridgehead atoms. The average molecular weight is 270 g/mol. The summed E-state index contributed by atoms with van der Waals surface area (Å²) in [6.45, 7) is 5.95. The first kappa shape index (κ1) is 15.1. The highest BCUT2D eigenvalue weighted by Crippen LogP contribution is 2.40. The number of nitrogens with zero attached hydrogens (tertiary/aromatic N) is 2. The van der Waals surface area contributed by atoms with Crippen molar-refractivity contribution >= 4 is 29.1 Å². The summed E-state index contributed by atoms with van der Waals surface area (Å²) < 4.78 is 0. The van der Waals surface area contributed by atoms with Gasteiger partial charge in [0, 0.05) is 14.1 Å². The van der Waals surface area contributed by atoms with E-state index in [2.05, 4.69) is 6.92 Å². The van der Waals surface area contributed by atoms with E-state index < -0.39 is 5.41 Å². The molecule has 0 aromatic carbocycles. The van der Waals surface area contributed by atoms with E-state index in [1.165, 1.54) is 9.80 Å². The predicted molar refractivity (Wildman–Crippen MR) is 74.9 cm³/mol. The van der Waals surface area contributed by atoms with Gasteiger partial charge < -0.3 is 0 Å². The highest BCUT2D eigenvalue weighted by molar-refractivity contribution is 7.80. The fraction of sp³-hybridized carbons (Fsp3) is 0.769. The van der Waals surface area contributed by atoms with Crippen molar-refractivity contribution in [1.29, 1.82) is 0 Å². The second-order valence-electron chi connectivity index (χ2n) is 5.03. The number of thiocarbonyl (C=S) groups is 1. The van der Waals surface area contributed by atoms with Crippen LogP contribution in [0.1, 0.15) is 40.0 Å². The molecule has 1 heterocycles. The van der Waals surface area contributed by atoms with Crippen LogP contribution in [0.3, 0.4) is 0 Å². The molecule has 0 aromatic heterocycles. The Morgan fingerprint density at radius 2 is 1.61 bits per heavy atom. The number of amides is 2. The van der Waals surface area contributed by atoms with Crippen LogP contribution in [0.4, 0.5) is 0 Å². The molecule has 0 aromatic rings. The lowest BCUT2D eigenvalue weighted by atomic mass is 9.69. The Hall–Kier alpha value is -0.970. The molecular weight excluding hydrogens is 248 g/mol. The molecule has 2 amide bonds. The van der Waals surface area contributed by atoms with Crippen molar-refractivity contribution in [2.75, 3.05) is 14.1 Å². The van der Waals surface area contributed by atoms with E-state index in [-0.39, 0.29) is 22.8 Å². The summed E-state index contributed by atoms with van der Waals surface area (Å²) >= 11 is 5.12. The highest BCUT2D eigenvalue weighted by Gasteiger charge is 2.55. The zero-order valence-electron chi connectivity index (χ0n) is 11.8. The smallest absolute Gasteiger partial charge is 0.244 e. The normalized spacial score (nSPS) is 21.5. The summed E-state index contributed by atoms with van der Waals surface area (Å²) in [5.41, 5.74) is -0.943. The third-order valence-corrected chi connectivity index (χ3v) is 4.61. The summed E-state index contributed by atoms with van der Waals surface area (Å²) in [7, 11) is 3.30. The molecule has 1 rings (SSSR count). The second-order valence-corrected chi connectivity index (χ2v) is 5.39. The molecule has 0 spiro atoms. The molecule has 0 radical (unpaired) electrons. The molecule has 1 saturated heterocycles. The third-order valence-electron chi connectivity index (χ3n) is 4.07. The first-order chi connectivity index (χ1) is 8.34. The Morgan fingerprint density at radius 1 is 1.17 bits per heavy atom. The van der Waals surface area contributed by atoms with Crippen molar-refractivity contribution in [3.05, 3.63) is 0 Å². The minimum absolute atomic E-state index is 0.0282. The molecule has 1 aliphatic heterocycles. The minimum atomic E-state index is -0.943.